The van der Waals surface area contributed by atoms with Crippen molar-refractivity contribution < 1.29 is 23.9 Å². The first-order valence-electron chi connectivity index (χ1n) is 16.4. The molecule has 3 N–H and O–H groups in total. The Labute approximate surface area is 288 Å². The van der Waals surface area contributed by atoms with Crippen molar-refractivity contribution in [2.24, 2.45) is 0 Å². The Balaban J connectivity index is 1.22. The molecular formula is C35H40N8O5S. The number of nitrogens with one attached hydrogen (secondary N) is 3. The molecular weight excluding hydrogens is 645 g/mol. The van der Waals surface area contributed by atoms with Gasteiger partial charge in [-0.25, -0.2) is 4.98 Å². The highest BCUT2D eigenvalue weighted by atomic mass is 32.2. The van der Waals surface area contributed by atoms with Crippen LogP contribution in [0, 0.1) is 0 Å². The third-order valence-corrected chi connectivity index (χ3v) is 9.19. The molecule has 0 saturated carbocycles. The van der Waals surface area contributed by atoms with Gasteiger partial charge in [0.1, 0.15) is 24.0 Å². The van der Waals surface area contributed by atoms with E-state index >= 15 is 0 Å². The van der Waals surface area contributed by atoms with Gasteiger partial charge >= 0.3 is 0 Å². The second-order valence-electron chi connectivity index (χ2n) is 11.9. The maximum atomic E-state index is 13.6. The third kappa shape index (κ3) is 8.13. The molecule has 0 aliphatic carbocycles. The summed E-state index contributed by atoms with van der Waals surface area (Å²) in [6.07, 6.45) is 5.16. The molecule has 0 fully saturated rings. The number of thioether (sulfide) groups is 1. The number of ether oxygens (including phenoxy) is 1. The summed E-state index contributed by atoms with van der Waals surface area (Å²) in [6.45, 7) is 1.27. The third-order valence-electron chi connectivity index (χ3n) is 8.58. The Morgan fingerprint density at radius 1 is 0.980 bits per heavy atom. The number of carbonyl (C=O) groups excluding carboxylic acids is 4. The molecule has 2 aromatic carbocycles. The summed E-state index contributed by atoms with van der Waals surface area (Å²) in [6, 6.07) is 18.4. The van der Waals surface area contributed by atoms with E-state index in [0.29, 0.717) is 50.4 Å². The van der Waals surface area contributed by atoms with E-state index in [1.807, 2.05) is 70.3 Å². The zero-order valence-electron chi connectivity index (χ0n) is 27.4. The van der Waals surface area contributed by atoms with Gasteiger partial charge in [0.2, 0.25) is 17.7 Å². The van der Waals surface area contributed by atoms with E-state index in [-0.39, 0.29) is 49.6 Å². The van der Waals surface area contributed by atoms with E-state index in [9.17, 15) is 19.2 Å². The molecule has 0 saturated heterocycles. The van der Waals surface area contributed by atoms with Gasteiger partial charge in [-0.15, -0.1) is 0 Å². The van der Waals surface area contributed by atoms with Gasteiger partial charge in [0.15, 0.2) is 0 Å². The van der Waals surface area contributed by atoms with Crippen molar-refractivity contribution in [3.63, 3.8) is 0 Å². The number of rotatable bonds is 5. The molecule has 4 heterocycles. The van der Waals surface area contributed by atoms with Gasteiger partial charge in [-0.3, -0.25) is 24.3 Å². The largest absolute Gasteiger partial charge is 0.494 e. The van der Waals surface area contributed by atoms with Crippen LogP contribution in [0.2, 0.25) is 0 Å². The van der Waals surface area contributed by atoms with Crippen molar-refractivity contribution in [2.45, 2.75) is 31.8 Å². The lowest BCUT2D eigenvalue weighted by Crippen LogP contribution is -2.45. The number of H-pyrrole nitrogens is 1. The summed E-state index contributed by atoms with van der Waals surface area (Å²) in [7, 11) is 0. The minimum atomic E-state index is -0.416. The van der Waals surface area contributed by atoms with Crippen LogP contribution in [0.25, 0.3) is 11.3 Å². The Bertz CT molecular complexity index is 1790. The first kappa shape index (κ1) is 33.8. The lowest BCUT2D eigenvalue weighted by molar-refractivity contribution is -0.133. The predicted molar refractivity (Wildman–Crippen MR) is 185 cm³/mol. The normalized spacial score (nSPS) is 17.4. The maximum absolute atomic E-state index is 13.6. The van der Waals surface area contributed by atoms with Crippen LogP contribution in [0.3, 0.4) is 0 Å². The lowest BCUT2D eigenvalue weighted by Gasteiger charge is -2.36. The van der Waals surface area contributed by atoms with Crippen molar-refractivity contribution in [3.8, 4) is 17.0 Å². The molecule has 1 atom stereocenters. The van der Waals surface area contributed by atoms with Gasteiger partial charge in [0.25, 0.3) is 5.91 Å². The van der Waals surface area contributed by atoms with Crippen molar-refractivity contribution >= 4 is 35.4 Å². The molecule has 13 nitrogen and oxygen atoms in total. The molecule has 1 unspecified atom stereocenters. The molecule has 2 aromatic heterocycles. The lowest BCUT2D eigenvalue weighted by atomic mass is 9.95. The van der Waals surface area contributed by atoms with Gasteiger partial charge in [0.05, 0.1) is 30.9 Å². The van der Waals surface area contributed by atoms with Crippen LogP contribution < -0.4 is 15.4 Å². The molecule has 6 bridgehead atoms. The molecule has 2 aliphatic rings. The van der Waals surface area contributed by atoms with Crippen LogP contribution in [0.4, 0.5) is 0 Å². The van der Waals surface area contributed by atoms with Crippen LogP contribution in [-0.4, -0.2) is 105 Å². The van der Waals surface area contributed by atoms with Gasteiger partial charge in [-0.1, -0.05) is 42.5 Å². The van der Waals surface area contributed by atoms with Crippen LogP contribution >= 0.6 is 11.8 Å². The van der Waals surface area contributed by atoms with Crippen LogP contribution in [0.1, 0.15) is 46.3 Å². The zero-order chi connectivity index (χ0) is 34.2. The second-order valence-corrected chi connectivity index (χ2v) is 12.9. The Morgan fingerprint density at radius 3 is 2.63 bits per heavy atom. The number of hydrogen-bond donors (Lipinski definition) is 3. The number of imidazole rings is 1. The monoisotopic (exact) mass is 684 g/mol. The minimum absolute atomic E-state index is 0.0219. The number of fused-ring (bicyclic) bond motifs is 3. The first-order chi connectivity index (χ1) is 23.9. The fourth-order valence-corrected chi connectivity index (χ4v) is 6.53. The van der Waals surface area contributed by atoms with Gasteiger partial charge in [-0.05, 0) is 36.4 Å². The van der Waals surface area contributed by atoms with Gasteiger partial charge < -0.3 is 29.7 Å². The number of benzene rings is 2. The first-order valence-corrected chi connectivity index (χ1v) is 17.8. The summed E-state index contributed by atoms with van der Waals surface area (Å²) in [5.74, 6) is 0.431. The molecule has 2 aliphatic heterocycles. The molecule has 256 valence electrons. The Hall–Kier alpha value is -5.11. The number of aromatic nitrogens is 4. The SMILES string of the molecule is CSCCC(=O)N1CCc2c3ncn2CC(=O)NCCN(C(=O)c2cc(-c4ccccc4)n[nH]2)CC(=O)NCCCOc2cccc(c2)C31. The van der Waals surface area contributed by atoms with Crippen molar-refractivity contribution in [1.82, 2.24) is 40.2 Å². The Morgan fingerprint density at radius 2 is 1.80 bits per heavy atom. The number of nitrogens with zero attached hydrogens (tertiary/aromatic N) is 5. The second kappa shape index (κ2) is 15.9. The quantitative estimate of drug-likeness (QED) is 0.290. The molecule has 0 spiro atoms. The molecule has 6 rings (SSSR count). The maximum Gasteiger partial charge on any atom is 0.272 e. The molecule has 4 amide bonds. The number of amides is 4. The van der Waals surface area contributed by atoms with E-state index in [1.54, 1.807) is 24.2 Å². The van der Waals surface area contributed by atoms with E-state index in [4.69, 9.17) is 9.72 Å². The summed E-state index contributed by atoms with van der Waals surface area (Å²) in [4.78, 5) is 61.2. The number of hydrogen-bond acceptors (Lipinski definition) is 8. The fraction of sp³-hybridized carbons (Fsp3) is 0.371. The topological polar surface area (TPSA) is 155 Å². The van der Waals surface area contributed by atoms with Crippen LogP contribution in [0.15, 0.2) is 67.0 Å². The standard InChI is InChI=1S/C35H40N8O5S/c1-49-18-12-32(46)43-15-11-29-33-34(43)25-9-5-10-26(19-25)48-17-6-13-36-30(44)21-41(16-14-37-31(45)22-42(29)23-38-33)35(47)28-20-27(39-40-28)24-7-3-2-4-8-24/h2-5,7-10,19-20,23,34H,6,11-18,21-22H2,1H3,(H,36,44)(H,37,45)(H,39,40). The van der Waals surface area contributed by atoms with Crippen molar-refractivity contribution in [3.05, 3.63) is 89.6 Å². The molecule has 14 heteroatoms. The van der Waals surface area contributed by atoms with E-state index in [1.165, 1.54) is 4.90 Å². The summed E-state index contributed by atoms with van der Waals surface area (Å²) >= 11 is 1.63. The van der Waals surface area contributed by atoms with E-state index in [2.05, 4.69) is 20.8 Å². The van der Waals surface area contributed by atoms with Gasteiger partial charge in [-0.2, -0.15) is 16.9 Å². The summed E-state index contributed by atoms with van der Waals surface area (Å²) in [5, 5.41) is 12.9. The minimum Gasteiger partial charge on any atom is -0.494 e. The average molecular weight is 685 g/mol. The number of carbonyl (C=O) groups is 4. The van der Waals surface area contributed by atoms with E-state index in [0.717, 1.165) is 28.3 Å². The highest BCUT2D eigenvalue weighted by Gasteiger charge is 2.35. The van der Waals surface area contributed by atoms with Crippen molar-refractivity contribution in [1.29, 1.82) is 0 Å². The van der Waals surface area contributed by atoms with Crippen molar-refractivity contribution in [2.75, 3.05) is 51.3 Å². The average Bonchev–Trinajstić information content (AvgIpc) is 3.77. The molecule has 4 aromatic rings. The van der Waals surface area contributed by atoms with Gasteiger partial charge in [0, 0.05) is 56.0 Å². The highest BCUT2D eigenvalue weighted by molar-refractivity contribution is 7.98. The van der Waals surface area contributed by atoms with Crippen LogP contribution in [0.5, 0.6) is 5.75 Å². The Kier molecular flexibility index (Phi) is 10.9. The fourth-order valence-electron chi connectivity index (χ4n) is 6.15. The van der Waals surface area contributed by atoms with Crippen LogP contribution in [-0.2, 0) is 27.3 Å². The highest BCUT2D eigenvalue weighted by Crippen LogP contribution is 2.36. The molecule has 49 heavy (non-hydrogen) atoms. The summed E-state index contributed by atoms with van der Waals surface area (Å²) < 4.78 is 7.89. The summed E-state index contributed by atoms with van der Waals surface area (Å²) in [5.41, 5.74) is 4.23. The van der Waals surface area contributed by atoms with E-state index < -0.39 is 11.9 Å². The smallest absolute Gasteiger partial charge is 0.272 e. The zero-order valence-corrected chi connectivity index (χ0v) is 28.2. The number of aromatic amines is 1. The predicted octanol–water partition coefficient (Wildman–Crippen LogP) is 2.66. The molecule has 0 radical (unpaired) electrons.